The minimum absolute atomic E-state index is 0.203. The van der Waals surface area contributed by atoms with Gasteiger partial charge in [0.25, 0.3) is 5.56 Å². The fourth-order valence-corrected chi connectivity index (χ4v) is 1.69. The van der Waals surface area contributed by atoms with Crippen molar-refractivity contribution in [3.05, 3.63) is 28.8 Å². The number of rotatable bonds is 5. The molecule has 5 nitrogen and oxygen atoms in total. The summed E-state index contributed by atoms with van der Waals surface area (Å²) in [6.07, 6.45) is 2.10. The topological polar surface area (TPSA) is 64.2 Å². The molecule has 1 aromatic heterocycles. The van der Waals surface area contributed by atoms with Crippen molar-refractivity contribution >= 4 is 22.5 Å². The lowest BCUT2D eigenvalue weighted by molar-refractivity contribution is 0.295. The summed E-state index contributed by atoms with van der Waals surface area (Å²) in [5.41, 5.74) is 0.367. The highest BCUT2D eigenvalue weighted by atomic mass is 35.5. The molecule has 1 N–H and O–H groups in total. The van der Waals surface area contributed by atoms with Crippen molar-refractivity contribution < 1.29 is 9.47 Å². The number of alkyl halides is 1. The molecule has 18 heavy (non-hydrogen) atoms. The number of nitrogens with one attached hydrogen (secondary N) is 1. The van der Waals surface area contributed by atoms with Gasteiger partial charge in [0.05, 0.1) is 30.9 Å². The van der Waals surface area contributed by atoms with E-state index >= 15 is 0 Å². The molecule has 0 amide bonds. The summed E-state index contributed by atoms with van der Waals surface area (Å²) in [7, 11) is 1.53. The number of benzene rings is 1. The maximum absolute atomic E-state index is 11.6. The van der Waals surface area contributed by atoms with Gasteiger partial charge in [-0.3, -0.25) is 4.79 Å². The lowest BCUT2D eigenvalue weighted by atomic mass is 10.2. The van der Waals surface area contributed by atoms with Crippen LogP contribution in [0.1, 0.15) is 6.42 Å². The van der Waals surface area contributed by atoms with Crippen LogP contribution in [0.5, 0.6) is 11.5 Å². The first-order valence-electron chi connectivity index (χ1n) is 5.50. The second kappa shape index (κ2) is 5.73. The summed E-state index contributed by atoms with van der Waals surface area (Å²) >= 11 is 5.59. The Labute approximate surface area is 109 Å². The molecule has 1 aromatic carbocycles. The van der Waals surface area contributed by atoms with E-state index in [1.54, 1.807) is 12.1 Å². The Morgan fingerprint density at radius 1 is 1.39 bits per heavy atom. The van der Waals surface area contributed by atoms with Crippen molar-refractivity contribution in [1.29, 1.82) is 0 Å². The van der Waals surface area contributed by atoms with Gasteiger partial charge in [-0.25, -0.2) is 4.98 Å². The Morgan fingerprint density at radius 2 is 2.22 bits per heavy atom. The zero-order chi connectivity index (χ0) is 13.0. The molecule has 0 saturated carbocycles. The minimum Gasteiger partial charge on any atom is -0.493 e. The number of aromatic nitrogens is 2. The fraction of sp³-hybridized carbons (Fsp3) is 0.333. The molecule has 2 aromatic rings. The first-order valence-corrected chi connectivity index (χ1v) is 6.04. The van der Waals surface area contributed by atoms with Crippen molar-refractivity contribution in [3.63, 3.8) is 0 Å². The molecule has 1 heterocycles. The summed E-state index contributed by atoms with van der Waals surface area (Å²) in [5.74, 6) is 1.61. The maximum Gasteiger partial charge on any atom is 0.258 e. The van der Waals surface area contributed by atoms with Gasteiger partial charge >= 0.3 is 0 Å². The summed E-state index contributed by atoms with van der Waals surface area (Å²) in [6.45, 7) is 0.495. The second-order valence-corrected chi connectivity index (χ2v) is 4.02. The van der Waals surface area contributed by atoms with Crippen LogP contribution in [0.25, 0.3) is 10.9 Å². The maximum atomic E-state index is 11.6. The third kappa shape index (κ3) is 2.56. The summed E-state index contributed by atoms with van der Waals surface area (Å²) < 4.78 is 10.8. The molecule has 0 saturated heterocycles. The Balaban J connectivity index is 2.43. The average molecular weight is 269 g/mol. The van der Waals surface area contributed by atoms with Gasteiger partial charge in [-0.2, -0.15) is 0 Å². The predicted octanol–water partition coefficient (Wildman–Crippen LogP) is 1.94. The Bertz CT molecular complexity index is 597. The first kappa shape index (κ1) is 12.7. The van der Waals surface area contributed by atoms with Crippen molar-refractivity contribution in [3.8, 4) is 11.5 Å². The highest BCUT2D eigenvalue weighted by Crippen LogP contribution is 2.30. The van der Waals surface area contributed by atoms with Crippen LogP contribution in [0.4, 0.5) is 0 Å². The number of aromatic amines is 1. The van der Waals surface area contributed by atoms with Crippen LogP contribution < -0.4 is 15.0 Å². The van der Waals surface area contributed by atoms with Crippen LogP contribution in [-0.2, 0) is 0 Å². The van der Waals surface area contributed by atoms with Crippen molar-refractivity contribution in [2.75, 3.05) is 19.6 Å². The van der Waals surface area contributed by atoms with E-state index in [4.69, 9.17) is 21.1 Å². The van der Waals surface area contributed by atoms with E-state index in [1.807, 2.05) is 0 Å². The van der Waals surface area contributed by atoms with E-state index in [0.29, 0.717) is 34.9 Å². The Morgan fingerprint density at radius 3 is 2.94 bits per heavy atom. The molecular weight excluding hydrogens is 256 g/mol. The molecule has 0 aliphatic heterocycles. The highest BCUT2D eigenvalue weighted by molar-refractivity contribution is 6.17. The average Bonchev–Trinajstić information content (AvgIpc) is 2.39. The van der Waals surface area contributed by atoms with Gasteiger partial charge in [-0.1, -0.05) is 0 Å². The molecule has 0 aliphatic carbocycles. The number of hydrogen-bond donors (Lipinski definition) is 1. The minimum atomic E-state index is -0.203. The molecule has 0 aliphatic rings. The highest BCUT2D eigenvalue weighted by Gasteiger charge is 2.09. The quantitative estimate of drug-likeness (QED) is 0.665. The number of fused-ring (bicyclic) bond motifs is 1. The number of hydrogen-bond acceptors (Lipinski definition) is 4. The Hall–Kier alpha value is -1.75. The van der Waals surface area contributed by atoms with E-state index in [-0.39, 0.29) is 5.56 Å². The van der Waals surface area contributed by atoms with Crippen molar-refractivity contribution in [2.24, 2.45) is 0 Å². The fourth-order valence-electron chi connectivity index (χ4n) is 1.59. The van der Waals surface area contributed by atoms with Gasteiger partial charge < -0.3 is 14.5 Å². The van der Waals surface area contributed by atoms with Gasteiger partial charge in [-0.15, -0.1) is 11.6 Å². The van der Waals surface area contributed by atoms with E-state index in [1.165, 1.54) is 13.4 Å². The molecule has 6 heteroatoms. The monoisotopic (exact) mass is 268 g/mol. The largest absolute Gasteiger partial charge is 0.493 e. The van der Waals surface area contributed by atoms with Crippen molar-refractivity contribution in [1.82, 2.24) is 9.97 Å². The summed E-state index contributed by atoms with van der Waals surface area (Å²) in [4.78, 5) is 18.2. The smallest absolute Gasteiger partial charge is 0.258 e. The van der Waals surface area contributed by atoms with Crippen molar-refractivity contribution in [2.45, 2.75) is 6.42 Å². The molecular formula is C12H13ClN2O3. The van der Waals surface area contributed by atoms with E-state index in [0.717, 1.165) is 6.42 Å². The number of ether oxygens (including phenoxy) is 2. The standard InChI is InChI=1S/C12H13ClN2O3/c1-17-10-5-8-9(14-7-15-12(8)16)6-11(10)18-4-2-3-13/h5-7H,2-4H2,1H3,(H,14,15,16). The third-order valence-corrected chi connectivity index (χ3v) is 2.73. The second-order valence-electron chi connectivity index (χ2n) is 3.64. The molecule has 0 atom stereocenters. The predicted molar refractivity (Wildman–Crippen MR) is 69.7 cm³/mol. The van der Waals surface area contributed by atoms with E-state index in [9.17, 15) is 4.79 Å². The molecule has 96 valence electrons. The van der Waals surface area contributed by atoms with Crippen LogP contribution >= 0.6 is 11.6 Å². The van der Waals surface area contributed by atoms with Crippen LogP contribution in [0.3, 0.4) is 0 Å². The summed E-state index contributed by atoms with van der Waals surface area (Å²) in [6, 6.07) is 3.31. The molecule has 0 unspecified atom stereocenters. The lowest BCUT2D eigenvalue weighted by Crippen LogP contribution is -2.07. The lowest BCUT2D eigenvalue weighted by Gasteiger charge is -2.10. The molecule has 0 fully saturated rings. The molecule has 0 spiro atoms. The zero-order valence-corrected chi connectivity index (χ0v) is 10.7. The first-order chi connectivity index (χ1) is 8.76. The van der Waals surface area contributed by atoms with Gasteiger partial charge in [0.15, 0.2) is 11.5 Å². The van der Waals surface area contributed by atoms with Gasteiger partial charge in [0.2, 0.25) is 0 Å². The number of methoxy groups -OCH3 is 1. The van der Waals surface area contributed by atoms with E-state index in [2.05, 4.69) is 9.97 Å². The van der Waals surface area contributed by atoms with Gasteiger partial charge in [0, 0.05) is 11.9 Å². The summed E-state index contributed by atoms with van der Waals surface area (Å²) in [5, 5.41) is 0.471. The van der Waals surface area contributed by atoms with Gasteiger partial charge in [-0.05, 0) is 12.5 Å². The van der Waals surface area contributed by atoms with Crippen LogP contribution in [-0.4, -0.2) is 29.6 Å². The number of halogens is 1. The van der Waals surface area contributed by atoms with Crippen LogP contribution in [0.15, 0.2) is 23.3 Å². The van der Waals surface area contributed by atoms with E-state index < -0.39 is 0 Å². The van der Waals surface area contributed by atoms with Crippen LogP contribution in [0, 0.1) is 0 Å². The zero-order valence-electron chi connectivity index (χ0n) is 9.90. The normalized spacial score (nSPS) is 10.6. The van der Waals surface area contributed by atoms with Crippen LogP contribution in [0.2, 0.25) is 0 Å². The third-order valence-electron chi connectivity index (χ3n) is 2.46. The molecule has 0 radical (unpaired) electrons. The van der Waals surface area contributed by atoms with Gasteiger partial charge in [0.1, 0.15) is 0 Å². The SMILES string of the molecule is COc1cc2c(=O)[nH]cnc2cc1OCCCCl. The number of H-pyrrole nitrogens is 1. The molecule has 2 rings (SSSR count). The Kier molecular flexibility index (Phi) is 4.04. The number of nitrogens with zero attached hydrogens (tertiary/aromatic N) is 1. The molecule has 0 bridgehead atoms.